The predicted molar refractivity (Wildman–Crippen MR) is 100 cm³/mol. The lowest BCUT2D eigenvalue weighted by Crippen LogP contribution is -2.37. The lowest BCUT2D eigenvalue weighted by Gasteiger charge is -2.23. The van der Waals surface area contributed by atoms with Crippen molar-refractivity contribution in [2.45, 2.75) is 6.18 Å². The van der Waals surface area contributed by atoms with Gasteiger partial charge in [-0.1, -0.05) is 17.7 Å². The van der Waals surface area contributed by atoms with Gasteiger partial charge in [-0.05, 0) is 36.4 Å². The first-order valence-electron chi connectivity index (χ1n) is 7.70. The zero-order valence-electron chi connectivity index (χ0n) is 14.7. The molecule has 2 aromatic rings. The third-order valence-corrected chi connectivity index (χ3v) is 4.96. The Morgan fingerprint density at radius 2 is 1.89 bits per heavy atom. The van der Waals surface area contributed by atoms with Crippen molar-refractivity contribution in [2.24, 2.45) is 0 Å². The third-order valence-electron chi connectivity index (χ3n) is 3.58. The van der Waals surface area contributed by atoms with Crippen molar-refractivity contribution in [1.29, 1.82) is 0 Å². The molecule has 0 aliphatic rings. The summed E-state index contributed by atoms with van der Waals surface area (Å²) in [6.07, 6.45) is -3.86. The van der Waals surface area contributed by atoms with Gasteiger partial charge in [-0.15, -0.1) is 0 Å². The van der Waals surface area contributed by atoms with Crippen LogP contribution in [0.4, 0.5) is 24.5 Å². The van der Waals surface area contributed by atoms with Crippen LogP contribution in [0.2, 0.25) is 5.02 Å². The van der Waals surface area contributed by atoms with E-state index in [0.717, 1.165) is 18.4 Å². The topological polar surface area (TPSA) is 75.7 Å². The molecule has 1 amide bonds. The van der Waals surface area contributed by atoms with Gasteiger partial charge in [0, 0.05) is 5.02 Å². The van der Waals surface area contributed by atoms with E-state index in [9.17, 15) is 26.4 Å². The minimum atomic E-state index is -4.66. The van der Waals surface area contributed by atoms with Crippen LogP contribution in [0.3, 0.4) is 0 Å². The summed E-state index contributed by atoms with van der Waals surface area (Å²) in [4.78, 5) is 12.4. The van der Waals surface area contributed by atoms with Crippen LogP contribution in [0.15, 0.2) is 42.5 Å². The van der Waals surface area contributed by atoms with Crippen LogP contribution in [0, 0.1) is 0 Å². The molecule has 11 heteroatoms. The van der Waals surface area contributed by atoms with E-state index in [0.29, 0.717) is 15.4 Å². The third kappa shape index (κ3) is 5.52. The number of methoxy groups -OCH3 is 1. The number of nitrogens with one attached hydrogen (secondary N) is 1. The first kappa shape index (κ1) is 21.8. The molecule has 2 aromatic carbocycles. The number of amides is 1. The molecule has 0 atom stereocenters. The van der Waals surface area contributed by atoms with Gasteiger partial charge in [-0.3, -0.25) is 9.10 Å². The van der Waals surface area contributed by atoms with Crippen molar-refractivity contribution in [1.82, 2.24) is 0 Å². The average Bonchev–Trinajstić information content (AvgIpc) is 2.58. The highest BCUT2D eigenvalue weighted by molar-refractivity contribution is 7.92. The van der Waals surface area contributed by atoms with Crippen LogP contribution >= 0.6 is 11.6 Å². The van der Waals surface area contributed by atoms with E-state index in [4.69, 9.17) is 16.3 Å². The van der Waals surface area contributed by atoms with E-state index >= 15 is 0 Å². The van der Waals surface area contributed by atoms with Crippen molar-refractivity contribution in [3.63, 3.8) is 0 Å². The number of carbonyl (C=O) groups excluding carboxylic acids is 1. The van der Waals surface area contributed by atoms with Crippen molar-refractivity contribution < 1.29 is 31.1 Å². The van der Waals surface area contributed by atoms with Crippen molar-refractivity contribution in [3.05, 3.63) is 53.1 Å². The molecule has 28 heavy (non-hydrogen) atoms. The first-order chi connectivity index (χ1) is 12.9. The van der Waals surface area contributed by atoms with Crippen LogP contribution in [0.1, 0.15) is 5.56 Å². The van der Waals surface area contributed by atoms with E-state index in [1.165, 1.54) is 31.4 Å². The number of sulfonamides is 1. The quantitative estimate of drug-likeness (QED) is 0.748. The van der Waals surface area contributed by atoms with Gasteiger partial charge in [-0.2, -0.15) is 13.2 Å². The fraction of sp³-hybridized carbons (Fsp3) is 0.235. The van der Waals surface area contributed by atoms with Crippen LogP contribution in [-0.2, 0) is 21.0 Å². The highest BCUT2D eigenvalue weighted by Gasteiger charge is 2.32. The van der Waals surface area contributed by atoms with Crippen LogP contribution in [0.5, 0.6) is 5.75 Å². The standard InChI is InChI=1S/C17H16ClF3N2O4S/c1-27-15-7-6-12(18)9-14(15)22-16(24)10-23(28(2,25)26)13-5-3-4-11(8-13)17(19,20)21/h3-9H,10H2,1-2H3,(H,22,24). The fourth-order valence-electron chi connectivity index (χ4n) is 2.34. The molecular weight excluding hydrogens is 421 g/mol. The molecule has 0 spiro atoms. The second-order valence-electron chi connectivity index (χ2n) is 5.71. The highest BCUT2D eigenvalue weighted by Crippen LogP contribution is 2.32. The molecule has 0 saturated carbocycles. The number of ether oxygens (including phenoxy) is 1. The Morgan fingerprint density at radius 1 is 1.21 bits per heavy atom. The molecule has 152 valence electrons. The van der Waals surface area contributed by atoms with Gasteiger partial charge in [0.1, 0.15) is 12.3 Å². The Morgan fingerprint density at radius 3 is 2.46 bits per heavy atom. The summed E-state index contributed by atoms with van der Waals surface area (Å²) >= 11 is 5.87. The molecule has 0 aliphatic carbocycles. The number of anilines is 2. The second-order valence-corrected chi connectivity index (χ2v) is 8.05. The number of hydrogen-bond acceptors (Lipinski definition) is 4. The highest BCUT2D eigenvalue weighted by atomic mass is 35.5. The summed E-state index contributed by atoms with van der Waals surface area (Å²) in [6, 6.07) is 8.13. The van der Waals surface area contributed by atoms with Crippen LogP contribution in [-0.4, -0.2) is 34.2 Å². The molecule has 2 rings (SSSR count). The second kappa shape index (κ2) is 8.27. The SMILES string of the molecule is COc1ccc(Cl)cc1NC(=O)CN(c1cccc(C(F)(F)F)c1)S(C)(=O)=O. The maximum Gasteiger partial charge on any atom is 0.416 e. The molecule has 0 bridgehead atoms. The summed E-state index contributed by atoms with van der Waals surface area (Å²) < 4.78 is 68.6. The summed E-state index contributed by atoms with van der Waals surface area (Å²) in [5.74, 6) is -0.508. The molecule has 6 nitrogen and oxygen atoms in total. The molecule has 0 unspecified atom stereocenters. The molecule has 0 saturated heterocycles. The predicted octanol–water partition coefficient (Wildman–Crippen LogP) is 3.77. The van der Waals surface area contributed by atoms with Gasteiger partial charge in [0.2, 0.25) is 15.9 Å². The summed E-state index contributed by atoms with van der Waals surface area (Å²) in [5.41, 5.74) is -1.13. The van der Waals surface area contributed by atoms with Gasteiger partial charge in [0.05, 0.1) is 30.3 Å². The monoisotopic (exact) mass is 436 g/mol. The maximum atomic E-state index is 12.9. The molecule has 1 N–H and O–H groups in total. The molecule has 0 aromatic heterocycles. The Hall–Kier alpha value is -2.46. The number of hydrogen-bond donors (Lipinski definition) is 1. The van der Waals surface area contributed by atoms with Crippen molar-refractivity contribution in [3.8, 4) is 5.75 Å². The lowest BCUT2D eigenvalue weighted by molar-refractivity contribution is -0.137. The number of benzene rings is 2. The molecule has 0 fully saturated rings. The van der Waals surface area contributed by atoms with Gasteiger partial charge < -0.3 is 10.1 Å². The largest absolute Gasteiger partial charge is 0.495 e. The molecule has 0 aliphatic heterocycles. The molecule has 0 heterocycles. The molecule has 0 radical (unpaired) electrons. The number of carbonyl (C=O) groups is 1. The Kier molecular flexibility index (Phi) is 6.45. The van der Waals surface area contributed by atoms with E-state index in [-0.39, 0.29) is 17.1 Å². The van der Waals surface area contributed by atoms with Gasteiger partial charge in [-0.25, -0.2) is 8.42 Å². The molecular formula is C17H16ClF3N2O4S. The van der Waals surface area contributed by atoms with E-state index in [1.807, 2.05) is 0 Å². The van der Waals surface area contributed by atoms with Gasteiger partial charge in [0.25, 0.3) is 0 Å². The van der Waals surface area contributed by atoms with E-state index in [1.54, 1.807) is 0 Å². The zero-order chi connectivity index (χ0) is 21.1. The van der Waals surface area contributed by atoms with Crippen LogP contribution in [0.25, 0.3) is 0 Å². The smallest absolute Gasteiger partial charge is 0.416 e. The van der Waals surface area contributed by atoms with Gasteiger partial charge >= 0.3 is 6.18 Å². The zero-order valence-corrected chi connectivity index (χ0v) is 16.3. The Labute approximate surface area is 164 Å². The fourth-order valence-corrected chi connectivity index (χ4v) is 3.36. The number of alkyl halides is 3. The summed E-state index contributed by atoms with van der Waals surface area (Å²) in [7, 11) is -2.68. The minimum Gasteiger partial charge on any atom is -0.495 e. The summed E-state index contributed by atoms with van der Waals surface area (Å²) in [6.45, 7) is -0.740. The normalized spacial score (nSPS) is 11.8. The van der Waals surface area contributed by atoms with E-state index < -0.39 is 34.2 Å². The number of rotatable bonds is 6. The minimum absolute atomic E-state index is 0.192. The average molecular weight is 437 g/mol. The van der Waals surface area contributed by atoms with E-state index in [2.05, 4.69) is 5.32 Å². The van der Waals surface area contributed by atoms with Crippen LogP contribution < -0.4 is 14.4 Å². The number of halogens is 4. The van der Waals surface area contributed by atoms with Crippen molar-refractivity contribution in [2.75, 3.05) is 29.5 Å². The van der Waals surface area contributed by atoms with Crippen molar-refractivity contribution >= 4 is 38.9 Å². The Balaban J connectivity index is 2.32. The first-order valence-corrected chi connectivity index (χ1v) is 9.93. The maximum absolute atomic E-state index is 12.9. The van der Waals surface area contributed by atoms with Gasteiger partial charge in [0.15, 0.2) is 0 Å². The Bertz CT molecular complexity index is 981. The summed E-state index contributed by atoms with van der Waals surface area (Å²) in [5, 5.41) is 2.74. The number of nitrogens with zero attached hydrogens (tertiary/aromatic N) is 1. The lowest BCUT2D eigenvalue weighted by atomic mass is 10.2.